The standard InChI is InChI=1S/C11H11BrClFN4O2S/c1-5-11(9(4-15)17-16-5)21(19,20)18-10-7(12)2-6(14)3-8(10)13/h2-3,18H,4,15H2,1H3,(H,16,17). The highest BCUT2D eigenvalue weighted by atomic mass is 79.9. The Hall–Kier alpha value is -1.16. The monoisotopic (exact) mass is 396 g/mol. The Morgan fingerprint density at radius 1 is 1.52 bits per heavy atom. The Labute approximate surface area is 134 Å². The largest absolute Gasteiger partial charge is 0.325 e. The maximum absolute atomic E-state index is 13.2. The van der Waals surface area contributed by atoms with E-state index < -0.39 is 15.8 Å². The van der Waals surface area contributed by atoms with E-state index in [4.69, 9.17) is 17.3 Å². The molecule has 10 heteroatoms. The number of aryl methyl sites for hydroxylation is 1. The van der Waals surface area contributed by atoms with Crippen LogP contribution in [0, 0.1) is 12.7 Å². The minimum Gasteiger partial charge on any atom is -0.325 e. The highest BCUT2D eigenvalue weighted by Crippen LogP contribution is 2.34. The maximum Gasteiger partial charge on any atom is 0.265 e. The third-order valence-corrected chi connectivity index (χ3v) is 5.14. The summed E-state index contributed by atoms with van der Waals surface area (Å²) in [6.07, 6.45) is 0. The summed E-state index contributed by atoms with van der Waals surface area (Å²) in [5, 5.41) is 6.32. The number of halogens is 3. The van der Waals surface area contributed by atoms with E-state index in [1.807, 2.05) is 0 Å². The van der Waals surface area contributed by atoms with Gasteiger partial charge in [-0.1, -0.05) is 11.6 Å². The Kier molecular flexibility index (Phi) is 4.57. The zero-order chi connectivity index (χ0) is 15.8. The van der Waals surface area contributed by atoms with Crippen molar-refractivity contribution in [2.24, 2.45) is 5.73 Å². The number of H-pyrrole nitrogens is 1. The van der Waals surface area contributed by atoms with E-state index in [1.165, 1.54) is 0 Å². The second kappa shape index (κ2) is 5.91. The van der Waals surface area contributed by atoms with Crippen LogP contribution in [-0.2, 0) is 16.6 Å². The summed E-state index contributed by atoms with van der Waals surface area (Å²) in [6.45, 7) is 1.51. The first kappa shape index (κ1) is 16.2. The zero-order valence-corrected chi connectivity index (χ0v) is 13.9. The van der Waals surface area contributed by atoms with Crippen molar-refractivity contribution in [2.45, 2.75) is 18.4 Å². The van der Waals surface area contributed by atoms with Gasteiger partial charge in [-0.15, -0.1) is 0 Å². The van der Waals surface area contributed by atoms with Crippen LogP contribution in [0.3, 0.4) is 0 Å². The molecule has 0 bridgehead atoms. The van der Waals surface area contributed by atoms with Crippen LogP contribution in [0.2, 0.25) is 5.02 Å². The highest BCUT2D eigenvalue weighted by molar-refractivity contribution is 9.10. The van der Waals surface area contributed by atoms with Gasteiger partial charge in [0, 0.05) is 11.0 Å². The molecule has 6 nitrogen and oxygen atoms in total. The molecule has 1 aromatic carbocycles. The number of nitrogens with one attached hydrogen (secondary N) is 2. The first-order chi connectivity index (χ1) is 9.76. The number of benzene rings is 1. The van der Waals surface area contributed by atoms with Gasteiger partial charge in [-0.25, -0.2) is 12.8 Å². The summed E-state index contributed by atoms with van der Waals surface area (Å²) in [5.74, 6) is -0.586. The number of hydrogen-bond acceptors (Lipinski definition) is 4. The first-order valence-corrected chi connectivity index (χ1v) is 8.33. The van der Waals surface area contributed by atoms with Crippen molar-refractivity contribution >= 4 is 43.2 Å². The molecule has 114 valence electrons. The molecular weight excluding hydrogens is 387 g/mol. The minimum absolute atomic E-state index is 0.0428. The Balaban J connectivity index is 2.50. The van der Waals surface area contributed by atoms with Crippen LogP contribution in [0.5, 0.6) is 0 Å². The SMILES string of the molecule is Cc1[nH]nc(CN)c1S(=O)(=O)Nc1c(Cl)cc(F)cc1Br. The average Bonchev–Trinajstić information content (AvgIpc) is 2.76. The highest BCUT2D eigenvalue weighted by Gasteiger charge is 2.25. The lowest BCUT2D eigenvalue weighted by Gasteiger charge is -2.12. The van der Waals surface area contributed by atoms with Gasteiger partial charge in [-0.2, -0.15) is 5.10 Å². The lowest BCUT2D eigenvalue weighted by atomic mass is 10.3. The van der Waals surface area contributed by atoms with Crippen LogP contribution >= 0.6 is 27.5 Å². The molecule has 0 radical (unpaired) electrons. The van der Waals surface area contributed by atoms with Gasteiger partial charge >= 0.3 is 0 Å². The van der Waals surface area contributed by atoms with Crippen molar-refractivity contribution in [1.29, 1.82) is 0 Å². The molecule has 0 aliphatic rings. The smallest absolute Gasteiger partial charge is 0.265 e. The Morgan fingerprint density at radius 2 is 2.19 bits per heavy atom. The molecular formula is C11H11BrClFN4O2S. The second-order valence-corrected chi connectivity index (χ2v) is 7.06. The molecule has 0 unspecified atom stereocenters. The Bertz CT molecular complexity index is 771. The van der Waals surface area contributed by atoms with Crippen molar-refractivity contribution in [3.8, 4) is 0 Å². The number of nitrogens with zero attached hydrogens (tertiary/aromatic N) is 1. The van der Waals surface area contributed by atoms with Gasteiger partial charge in [-0.05, 0) is 35.0 Å². The number of sulfonamides is 1. The van der Waals surface area contributed by atoms with Crippen LogP contribution in [0.1, 0.15) is 11.4 Å². The van der Waals surface area contributed by atoms with Crippen molar-refractivity contribution in [3.63, 3.8) is 0 Å². The summed E-state index contributed by atoms with van der Waals surface area (Å²) in [7, 11) is -3.96. The molecule has 0 spiro atoms. The van der Waals surface area contributed by atoms with Gasteiger partial charge in [0.05, 0.1) is 22.1 Å². The molecule has 1 aromatic heterocycles. The molecule has 1 heterocycles. The number of hydrogen-bond donors (Lipinski definition) is 3. The number of aromatic nitrogens is 2. The van der Waals surface area contributed by atoms with E-state index in [0.717, 1.165) is 12.1 Å². The molecule has 0 atom stereocenters. The maximum atomic E-state index is 13.2. The van der Waals surface area contributed by atoms with E-state index in [-0.39, 0.29) is 32.3 Å². The van der Waals surface area contributed by atoms with Gasteiger partial charge < -0.3 is 5.73 Å². The van der Waals surface area contributed by atoms with Gasteiger partial charge in [0.15, 0.2) is 0 Å². The fourth-order valence-corrected chi connectivity index (χ4v) is 4.35. The molecule has 0 fully saturated rings. The van der Waals surface area contributed by atoms with Gasteiger partial charge in [-0.3, -0.25) is 9.82 Å². The first-order valence-electron chi connectivity index (χ1n) is 5.67. The van der Waals surface area contributed by atoms with Gasteiger partial charge in [0.25, 0.3) is 10.0 Å². The third-order valence-electron chi connectivity index (χ3n) is 2.67. The summed E-state index contributed by atoms with van der Waals surface area (Å²) >= 11 is 8.94. The predicted molar refractivity (Wildman–Crippen MR) is 81.1 cm³/mol. The molecule has 2 rings (SSSR count). The molecule has 0 amide bonds. The van der Waals surface area contributed by atoms with E-state index in [2.05, 4.69) is 30.8 Å². The quantitative estimate of drug-likeness (QED) is 0.738. The topological polar surface area (TPSA) is 101 Å². The van der Waals surface area contributed by atoms with Gasteiger partial charge in [0.2, 0.25) is 0 Å². The summed E-state index contributed by atoms with van der Waals surface area (Å²) in [5.41, 5.74) is 6.07. The molecule has 2 aromatic rings. The normalized spacial score (nSPS) is 11.7. The average molecular weight is 398 g/mol. The van der Waals surface area contributed by atoms with Crippen molar-refractivity contribution in [1.82, 2.24) is 10.2 Å². The fraction of sp³-hybridized carbons (Fsp3) is 0.182. The molecule has 0 saturated carbocycles. The molecule has 0 aliphatic carbocycles. The summed E-state index contributed by atoms with van der Waals surface area (Å²) in [4.78, 5) is -0.0442. The van der Waals surface area contributed by atoms with Crippen LogP contribution < -0.4 is 10.5 Å². The predicted octanol–water partition coefficient (Wildman–Crippen LogP) is 2.53. The lowest BCUT2D eigenvalue weighted by molar-refractivity contribution is 0.599. The number of rotatable bonds is 4. The fourth-order valence-electron chi connectivity index (χ4n) is 1.79. The Morgan fingerprint density at radius 3 is 2.76 bits per heavy atom. The zero-order valence-electron chi connectivity index (χ0n) is 10.7. The molecule has 4 N–H and O–H groups in total. The summed E-state index contributed by atoms with van der Waals surface area (Å²) < 4.78 is 40.6. The van der Waals surface area contributed by atoms with Crippen LogP contribution in [0.4, 0.5) is 10.1 Å². The van der Waals surface area contributed by atoms with Crippen molar-refractivity contribution in [2.75, 3.05) is 4.72 Å². The second-order valence-electron chi connectivity index (χ2n) is 4.18. The molecule has 0 saturated heterocycles. The summed E-state index contributed by atoms with van der Waals surface area (Å²) in [6, 6.07) is 2.12. The minimum atomic E-state index is -3.96. The van der Waals surface area contributed by atoms with E-state index in [1.54, 1.807) is 6.92 Å². The third kappa shape index (κ3) is 3.20. The lowest BCUT2D eigenvalue weighted by Crippen LogP contribution is -2.17. The number of anilines is 1. The van der Waals surface area contributed by atoms with Gasteiger partial charge in [0.1, 0.15) is 10.7 Å². The molecule has 21 heavy (non-hydrogen) atoms. The van der Waals surface area contributed by atoms with Crippen molar-refractivity contribution in [3.05, 3.63) is 38.8 Å². The number of aromatic amines is 1. The number of nitrogens with two attached hydrogens (primary N) is 1. The van der Waals surface area contributed by atoms with Crippen LogP contribution in [0.25, 0.3) is 0 Å². The van der Waals surface area contributed by atoms with Crippen LogP contribution in [-0.4, -0.2) is 18.6 Å². The van der Waals surface area contributed by atoms with E-state index in [0.29, 0.717) is 5.69 Å². The van der Waals surface area contributed by atoms with E-state index in [9.17, 15) is 12.8 Å². The van der Waals surface area contributed by atoms with E-state index >= 15 is 0 Å². The molecule has 0 aliphatic heterocycles. The van der Waals surface area contributed by atoms with Crippen molar-refractivity contribution < 1.29 is 12.8 Å². The van der Waals surface area contributed by atoms with Crippen LogP contribution in [0.15, 0.2) is 21.5 Å².